The summed E-state index contributed by atoms with van der Waals surface area (Å²) in [5.74, 6) is -0.145. The number of nitrogens with one attached hydrogen (secondary N) is 1. The zero-order valence-electron chi connectivity index (χ0n) is 18.9. The Morgan fingerprint density at radius 2 is 1.64 bits per heavy atom. The van der Waals surface area contributed by atoms with Crippen molar-refractivity contribution < 1.29 is 13.9 Å². The van der Waals surface area contributed by atoms with Gasteiger partial charge in [0.25, 0.3) is 5.91 Å². The van der Waals surface area contributed by atoms with Crippen LogP contribution in [-0.2, 0) is 13.2 Å². The first-order valence-electron chi connectivity index (χ1n) is 11.1. The predicted octanol–water partition coefficient (Wildman–Crippen LogP) is 7.36. The van der Waals surface area contributed by atoms with Crippen LogP contribution in [0, 0.1) is 5.82 Å². The Morgan fingerprint density at radius 1 is 0.917 bits per heavy atom. The molecule has 0 spiro atoms. The van der Waals surface area contributed by atoms with Gasteiger partial charge in [-0.15, -0.1) is 0 Å². The summed E-state index contributed by atoms with van der Waals surface area (Å²) in [5.41, 5.74) is 3.35. The number of aromatic nitrogens is 2. The van der Waals surface area contributed by atoms with E-state index in [1.54, 1.807) is 18.3 Å². The normalized spacial score (nSPS) is 11.0. The second kappa shape index (κ2) is 10.4. The van der Waals surface area contributed by atoms with Crippen molar-refractivity contribution in [1.29, 1.82) is 0 Å². The maximum atomic E-state index is 13.5. The smallest absolute Gasteiger partial charge is 0.258 e. The number of carbonyl (C=O) groups excluding carboxylic acids is 1. The van der Waals surface area contributed by atoms with Gasteiger partial charge in [0, 0.05) is 25.1 Å². The first-order chi connectivity index (χ1) is 17.5. The van der Waals surface area contributed by atoms with Crippen LogP contribution in [-0.4, -0.2) is 15.5 Å². The molecule has 3 aromatic carbocycles. The van der Waals surface area contributed by atoms with Crippen LogP contribution in [0.4, 0.5) is 10.1 Å². The fourth-order valence-electron chi connectivity index (χ4n) is 3.98. The monoisotopic (exact) mass is 519 g/mol. The summed E-state index contributed by atoms with van der Waals surface area (Å²) in [4.78, 5) is 17.4. The van der Waals surface area contributed by atoms with Crippen LogP contribution in [0.1, 0.15) is 21.5 Å². The Kier molecular flexibility index (Phi) is 6.89. The second-order valence-electron chi connectivity index (χ2n) is 8.15. The summed E-state index contributed by atoms with van der Waals surface area (Å²) in [6.45, 7) is 0.773. The van der Waals surface area contributed by atoms with E-state index in [2.05, 4.69) is 10.3 Å². The highest BCUT2D eigenvalue weighted by atomic mass is 35.5. The van der Waals surface area contributed by atoms with Crippen molar-refractivity contribution in [3.8, 4) is 5.75 Å². The molecular formula is C28H20Cl2FN3O2. The summed E-state index contributed by atoms with van der Waals surface area (Å²) in [7, 11) is 0. The molecule has 0 atom stereocenters. The van der Waals surface area contributed by atoms with Crippen molar-refractivity contribution in [3.05, 3.63) is 124 Å². The zero-order valence-corrected chi connectivity index (χ0v) is 20.4. The topological polar surface area (TPSA) is 56.2 Å². The lowest BCUT2D eigenvalue weighted by atomic mass is 10.1. The number of ether oxygens (including phenoxy) is 1. The average molecular weight is 520 g/mol. The van der Waals surface area contributed by atoms with Crippen LogP contribution in [0.25, 0.3) is 10.9 Å². The lowest BCUT2D eigenvalue weighted by Gasteiger charge is -2.11. The van der Waals surface area contributed by atoms with Crippen LogP contribution in [0.5, 0.6) is 5.75 Å². The quantitative estimate of drug-likeness (QED) is 0.244. The number of rotatable bonds is 7. The largest absolute Gasteiger partial charge is 0.488 e. The Hall–Kier alpha value is -3.87. The lowest BCUT2D eigenvalue weighted by molar-refractivity contribution is 0.102. The number of carbonyl (C=O) groups is 1. The average Bonchev–Trinajstić information content (AvgIpc) is 3.26. The van der Waals surface area contributed by atoms with Gasteiger partial charge in [0.2, 0.25) is 0 Å². The number of anilines is 1. The predicted molar refractivity (Wildman–Crippen MR) is 140 cm³/mol. The molecule has 5 rings (SSSR count). The third-order valence-corrected chi connectivity index (χ3v) is 6.28. The molecule has 36 heavy (non-hydrogen) atoms. The number of fused-ring (bicyclic) bond motifs is 1. The summed E-state index contributed by atoms with van der Waals surface area (Å²) in [6.07, 6.45) is 4.58. The van der Waals surface area contributed by atoms with E-state index < -0.39 is 5.91 Å². The Labute approximate surface area is 217 Å². The van der Waals surface area contributed by atoms with E-state index in [1.165, 1.54) is 24.5 Å². The number of nitrogens with zero attached hydrogens (tertiary/aromatic N) is 2. The van der Waals surface area contributed by atoms with Gasteiger partial charge in [-0.1, -0.05) is 71.7 Å². The summed E-state index contributed by atoms with van der Waals surface area (Å²) >= 11 is 12.5. The van der Waals surface area contributed by atoms with Crippen LogP contribution in [0.15, 0.2) is 91.4 Å². The third-order valence-electron chi connectivity index (χ3n) is 5.71. The molecule has 0 aliphatic rings. The van der Waals surface area contributed by atoms with Gasteiger partial charge in [0.05, 0.1) is 32.2 Å². The molecule has 0 aliphatic heterocycles. The molecule has 2 aromatic heterocycles. The van der Waals surface area contributed by atoms with E-state index in [0.717, 1.165) is 16.6 Å². The number of hydrogen-bond acceptors (Lipinski definition) is 3. The lowest BCUT2D eigenvalue weighted by Crippen LogP contribution is -2.13. The summed E-state index contributed by atoms with van der Waals surface area (Å²) < 4.78 is 21.5. The highest BCUT2D eigenvalue weighted by molar-refractivity contribution is 6.39. The Balaban J connectivity index is 1.56. The summed E-state index contributed by atoms with van der Waals surface area (Å²) in [5, 5.41) is 3.92. The van der Waals surface area contributed by atoms with Crippen LogP contribution >= 0.6 is 23.2 Å². The van der Waals surface area contributed by atoms with Crippen molar-refractivity contribution in [1.82, 2.24) is 9.55 Å². The van der Waals surface area contributed by atoms with Gasteiger partial charge in [-0.05, 0) is 35.4 Å². The van der Waals surface area contributed by atoms with E-state index in [0.29, 0.717) is 29.9 Å². The van der Waals surface area contributed by atoms with E-state index >= 15 is 0 Å². The fraction of sp³-hybridized carbons (Fsp3) is 0.0714. The molecule has 1 amide bonds. The van der Waals surface area contributed by atoms with E-state index in [4.69, 9.17) is 27.9 Å². The number of hydrogen-bond donors (Lipinski definition) is 1. The molecule has 0 fully saturated rings. The Morgan fingerprint density at radius 3 is 2.36 bits per heavy atom. The maximum absolute atomic E-state index is 13.5. The van der Waals surface area contributed by atoms with Gasteiger partial charge >= 0.3 is 0 Å². The van der Waals surface area contributed by atoms with Crippen molar-refractivity contribution in [2.75, 3.05) is 5.32 Å². The molecule has 1 N–H and O–H groups in total. The molecule has 0 bridgehead atoms. The maximum Gasteiger partial charge on any atom is 0.258 e. The van der Waals surface area contributed by atoms with Crippen molar-refractivity contribution >= 4 is 45.7 Å². The molecule has 0 unspecified atom stereocenters. The summed E-state index contributed by atoms with van der Waals surface area (Å²) in [6, 6.07) is 21.7. The molecule has 180 valence electrons. The van der Waals surface area contributed by atoms with Gasteiger partial charge in [0.15, 0.2) is 0 Å². The Bertz CT molecular complexity index is 1520. The first-order valence-corrected chi connectivity index (χ1v) is 11.9. The standard InChI is InChI=1S/C28H20Cl2FN3O2/c29-22-13-32-14-23(30)27(22)33-28(35)21-16-34(15-18-9-11-20(31)12-10-18)24-7-4-8-25(26(21)24)36-17-19-5-2-1-3-6-19/h1-14,16H,15,17H2,(H,32,33,35). The molecular weight excluding hydrogens is 500 g/mol. The van der Waals surface area contributed by atoms with E-state index in [1.807, 2.05) is 53.1 Å². The van der Waals surface area contributed by atoms with Crippen LogP contribution in [0.3, 0.4) is 0 Å². The molecule has 0 radical (unpaired) electrons. The molecule has 0 saturated carbocycles. The highest BCUT2D eigenvalue weighted by Gasteiger charge is 2.21. The van der Waals surface area contributed by atoms with Crippen molar-refractivity contribution in [2.24, 2.45) is 0 Å². The third kappa shape index (κ3) is 5.05. The van der Waals surface area contributed by atoms with Crippen molar-refractivity contribution in [2.45, 2.75) is 13.2 Å². The van der Waals surface area contributed by atoms with Crippen molar-refractivity contribution in [3.63, 3.8) is 0 Å². The molecule has 0 saturated heterocycles. The van der Waals surface area contributed by atoms with E-state index in [-0.39, 0.29) is 21.5 Å². The van der Waals surface area contributed by atoms with E-state index in [9.17, 15) is 9.18 Å². The first kappa shape index (κ1) is 23.9. The molecule has 5 aromatic rings. The fourth-order valence-corrected chi connectivity index (χ4v) is 4.44. The minimum absolute atomic E-state index is 0.228. The second-order valence-corrected chi connectivity index (χ2v) is 8.97. The number of halogens is 3. The van der Waals surface area contributed by atoms with Gasteiger partial charge in [-0.25, -0.2) is 4.39 Å². The molecule has 2 heterocycles. The molecule has 5 nitrogen and oxygen atoms in total. The number of amides is 1. The zero-order chi connectivity index (χ0) is 25.1. The van der Waals surface area contributed by atoms with Crippen LogP contribution < -0.4 is 10.1 Å². The minimum atomic E-state index is -0.399. The van der Waals surface area contributed by atoms with Gasteiger partial charge in [-0.3, -0.25) is 9.78 Å². The number of benzene rings is 3. The van der Waals surface area contributed by atoms with Gasteiger partial charge in [-0.2, -0.15) is 0 Å². The number of pyridine rings is 1. The SMILES string of the molecule is O=C(Nc1c(Cl)cncc1Cl)c1cn(Cc2ccc(F)cc2)c2cccc(OCc3ccccc3)c12. The molecule has 8 heteroatoms. The van der Waals surface area contributed by atoms with Gasteiger partial charge < -0.3 is 14.6 Å². The van der Waals surface area contributed by atoms with Crippen LogP contribution in [0.2, 0.25) is 10.0 Å². The van der Waals surface area contributed by atoms with Gasteiger partial charge in [0.1, 0.15) is 18.2 Å². The highest BCUT2D eigenvalue weighted by Crippen LogP contribution is 2.34. The molecule has 0 aliphatic carbocycles. The minimum Gasteiger partial charge on any atom is -0.488 e.